The molecule has 0 heterocycles. The predicted molar refractivity (Wildman–Crippen MR) is 200 cm³/mol. The number of carbonyl (C=O) groups excluding carboxylic acids is 2. The zero-order chi connectivity index (χ0) is 36.4. The Morgan fingerprint density at radius 2 is 0.857 bits per heavy atom. The van der Waals surface area contributed by atoms with Crippen molar-refractivity contribution in [1.29, 1.82) is 0 Å². The van der Waals surface area contributed by atoms with Gasteiger partial charge in [-0.05, 0) is 64.2 Å². The summed E-state index contributed by atoms with van der Waals surface area (Å²) in [4.78, 5) is 57.1. The zero-order valence-electron chi connectivity index (χ0n) is 31.2. The van der Waals surface area contributed by atoms with E-state index in [1.165, 1.54) is 77.0 Å². The maximum atomic E-state index is 13.1. The third-order valence-corrected chi connectivity index (χ3v) is 9.33. The van der Waals surface area contributed by atoms with Crippen molar-refractivity contribution in [1.82, 2.24) is 4.90 Å². The molecule has 49 heavy (non-hydrogen) atoms. The van der Waals surface area contributed by atoms with Crippen LogP contribution in [0.1, 0.15) is 194 Å². The Balaban J connectivity index is 4.50. The van der Waals surface area contributed by atoms with Gasteiger partial charge in [0.1, 0.15) is 0 Å². The standard InChI is InChI=1S/C39H72NO8P/c1-3-5-7-9-11-13-15-17-19-21-23-25-27-29-31-33-37(41)40(36(39(43)44)35-48-49(45,46)47)38(42)34-32-30-28-26-24-22-20-18-16-14-12-10-8-6-4-2/h17-20,36H,3-16,21-35H2,1-2H3,(H,43,44)(H2,45,46,47)/b19-17-,20-18-/t36-/m0/s1. The Morgan fingerprint density at radius 1 is 0.551 bits per heavy atom. The van der Waals surface area contributed by atoms with Crippen LogP contribution >= 0.6 is 7.82 Å². The molecule has 0 bridgehead atoms. The van der Waals surface area contributed by atoms with Crippen LogP contribution in [0, 0.1) is 0 Å². The minimum absolute atomic E-state index is 0.00400. The van der Waals surface area contributed by atoms with Gasteiger partial charge in [0.25, 0.3) is 0 Å². The Morgan fingerprint density at radius 3 is 1.16 bits per heavy atom. The van der Waals surface area contributed by atoms with E-state index in [1.54, 1.807) is 0 Å². The van der Waals surface area contributed by atoms with Gasteiger partial charge in [0, 0.05) is 12.8 Å². The highest BCUT2D eigenvalue weighted by molar-refractivity contribution is 7.46. The van der Waals surface area contributed by atoms with Crippen molar-refractivity contribution in [3.05, 3.63) is 24.3 Å². The van der Waals surface area contributed by atoms with Crippen molar-refractivity contribution in [2.45, 2.75) is 200 Å². The molecule has 0 rings (SSSR count). The molecule has 0 spiro atoms. The average molecular weight is 714 g/mol. The summed E-state index contributed by atoms with van der Waals surface area (Å²) in [5.74, 6) is -2.82. The normalized spacial score (nSPS) is 12.7. The van der Waals surface area contributed by atoms with E-state index in [2.05, 4.69) is 42.7 Å². The molecule has 0 aliphatic heterocycles. The lowest BCUT2D eigenvalue weighted by molar-refractivity contribution is -0.159. The zero-order valence-corrected chi connectivity index (χ0v) is 32.1. The van der Waals surface area contributed by atoms with Gasteiger partial charge in [-0.2, -0.15) is 0 Å². The van der Waals surface area contributed by atoms with Gasteiger partial charge < -0.3 is 14.9 Å². The third-order valence-electron chi connectivity index (χ3n) is 8.84. The summed E-state index contributed by atoms with van der Waals surface area (Å²) in [7, 11) is -4.99. The van der Waals surface area contributed by atoms with Crippen molar-refractivity contribution in [3.63, 3.8) is 0 Å². The van der Waals surface area contributed by atoms with Gasteiger partial charge in [-0.1, -0.05) is 141 Å². The van der Waals surface area contributed by atoms with E-state index in [0.717, 1.165) is 77.0 Å². The van der Waals surface area contributed by atoms with E-state index in [0.29, 0.717) is 17.7 Å². The van der Waals surface area contributed by atoms with Gasteiger partial charge >= 0.3 is 13.8 Å². The number of phosphoric ester groups is 1. The highest BCUT2D eigenvalue weighted by Gasteiger charge is 2.36. The summed E-state index contributed by atoms with van der Waals surface area (Å²) < 4.78 is 15.7. The molecule has 0 saturated carbocycles. The maximum Gasteiger partial charge on any atom is 0.469 e. The minimum atomic E-state index is -4.99. The van der Waals surface area contributed by atoms with Crippen LogP contribution in [0.2, 0.25) is 0 Å². The quantitative estimate of drug-likeness (QED) is 0.0335. The SMILES string of the molecule is CCCCCCCC/C=C\CCCCCCCC(=O)N(C(=O)CCCCCCC/C=C\CCCCCCCC)[C@@H](COP(=O)(O)O)C(=O)O. The molecule has 3 N–H and O–H groups in total. The molecule has 0 aromatic carbocycles. The van der Waals surface area contributed by atoms with Gasteiger partial charge in [-0.15, -0.1) is 0 Å². The minimum Gasteiger partial charge on any atom is -0.480 e. The molecule has 0 radical (unpaired) electrons. The summed E-state index contributed by atoms with van der Waals surface area (Å²) in [6.07, 6.45) is 37.7. The summed E-state index contributed by atoms with van der Waals surface area (Å²) in [5.41, 5.74) is 0. The van der Waals surface area contributed by atoms with Gasteiger partial charge in [0.05, 0.1) is 6.61 Å². The summed E-state index contributed by atoms with van der Waals surface area (Å²) in [6, 6.07) is -1.79. The number of carboxylic acids is 1. The van der Waals surface area contributed by atoms with Crippen LogP contribution in [0.5, 0.6) is 0 Å². The monoisotopic (exact) mass is 713 g/mol. The summed E-state index contributed by atoms with van der Waals surface area (Å²) >= 11 is 0. The lowest BCUT2D eigenvalue weighted by Crippen LogP contribution is -2.50. The van der Waals surface area contributed by atoms with Crippen molar-refractivity contribution in [2.24, 2.45) is 0 Å². The molecule has 0 fully saturated rings. The lowest BCUT2D eigenvalue weighted by atomic mass is 10.1. The van der Waals surface area contributed by atoms with Crippen molar-refractivity contribution in [3.8, 4) is 0 Å². The molecule has 0 aliphatic carbocycles. The first-order chi connectivity index (χ1) is 23.6. The largest absolute Gasteiger partial charge is 0.480 e. The van der Waals surface area contributed by atoms with E-state index in [-0.39, 0.29) is 12.8 Å². The third kappa shape index (κ3) is 30.7. The van der Waals surface area contributed by atoms with E-state index in [1.807, 2.05) is 0 Å². The van der Waals surface area contributed by atoms with Gasteiger partial charge in [-0.25, -0.2) is 9.36 Å². The molecule has 10 heteroatoms. The lowest BCUT2D eigenvalue weighted by Gasteiger charge is -2.27. The number of amides is 2. The van der Waals surface area contributed by atoms with Crippen LogP contribution in [-0.4, -0.2) is 50.2 Å². The van der Waals surface area contributed by atoms with Crippen LogP contribution in [0.15, 0.2) is 24.3 Å². The number of nitrogens with zero attached hydrogens (tertiary/aromatic N) is 1. The molecular formula is C39H72NO8P. The first-order valence-electron chi connectivity index (χ1n) is 19.7. The molecule has 0 aromatic heterocycles. The second kappa shape index (κ2) is 33.3. The number of unbranched alkanes of at least 4 members (excludes halogenated alkanes) is 22. The fraction of sp³-hybridized carbons (Fsp3) is 0.821. The number of allylic oxidation sites excluding steroid dienone is 4. The highest BCUT2D eigenvalue weighted by atomic mass is 31.2. The van der Waals surface area contributed by atoms with Crippen LogP contribution in [0.4, 0.5) is 0 Å². The Labute approximate surface area is 299 Å². The number of carbonyl (C=O) groups is 3. The predicted octanol–water partition coefficient (Wildman–Crippen LogP) is 11.0. The average Bonchev–Trinajstić information content (AvgIpc) is 3.05. The Hall–Kier alpha value is -1.80. The molecule has 1 atom stereocenters. The van der Waals surface area contributed by atoms with Crippen molar-refractivity contribution in [2.75, 3.05) is 6.61 Å². The molecule has 0 unspecified atom stereocenters. The van der Waals surface area contributed by atoms with Crippen LogP contribution < -0.4 is 0 Å². The molecule has 0 aliphatic rings. The Bertz CT molecular complexity index is 880. The molecule has 0 saturated heterocycles. The molecular weight excluding hydrogens is 641 g/mol. The molecule has 2 amide bonds. The maximum absolute atomic E-state index is 13.1. The highest BCUT2D eigenvalue weighted by Crippen LogP contribution is 2.36. The molecule has 286 valence electrons. The van der Waals surface area contributed by atoms with Crippen LogP contribution in [0.25, 0.3) is 0 Å². The van der Waals surface area contributed by atoms with Gasteiger partial charge in [0.15, 0.2) is 6.04 Å². The van der Waals surface area contributed by atoms with E-state index in [9.17, 15) is 24.1 Å². The second-order valence-electron chi connectivity index (χ2n) is 13.5. The summed E-state index contributed by atoms with van der Waals surface area (Å²) in [5, 5.41) is 9.76. The smallest absolute Gasteiger partial charge is 0.469 e. The van der Waals surface area contributed by atoms with Crippen molar-refractivity contribution < 1.29 is 38.4 Å². The fourth-order valence-corrected chi connectivity index (χ4v) is 6.18. The Kier molecular flexibility index (Phi) is 32.1. The van der Waals surface area contributed by atoms with Crippen LogP contribution in [-0.2, 0) is 23.5 Å². The molecule has 9 nitrogen and oxygen atoms in total. The first kappa shape index (κ1) is 47.2. The van der Waals surface area contributed by atoms with Gasteiger partial charge in [0.2, 0.25) is 11.8 Å². The fourth-order valence-electron chi connectivity index (χ4n) is 5.85. The van der Waals surface area contributed by atoms with E-state index < -0.39 is 38.3 Å². The molecule has 0 aromatic rings. The topological polar surface area (TPSA) is 141 Å². The number of hydrogen-bond acceptors (Lipinski definition) is 5. The van der Waals surface area contributed by atoms with Gasteiger partial charge in [-0.3, -0.25) is 19.0 Å². The number of hydrogen-bond donors (Lipinski definition) is 3. The van der Waals surface area contributed by atoms with Crippen LogP contribution in [0.3, 0.4) is 0 Å². The van der Waals surface area contributed by atoms with E-state index >= 15 is 0 Å². The first-order valence-corrected chi connectivity index (χ1v) is 21.2. The van der Waals surface area contributed by atoms with E-state index in [4.69, 9.17) is 9.79 Å². The number of carboxylic acid groups (broad SMARTS) is 1. The summed E-state index contributed by atoms with van der Waals surface area (Å²) in [6.45, 7) is 3.50. The number of aliphatic carboxylic acids is 1. The number of phosphoric acid groups is 1. The second-order valence-corrected chi connectivity index (χ2v) is 14.7. The number of rotatable bonds is 35. The number of imide groups is 1. The van der Waals surface area contributed by atoms with Crippen molar-refractivity contribution >= 4 is 25.6 Å².